The molecule has 0 heterocycles. The van der Waals surface area contributed by atoms with Crippen LogP contribution in [0.4, 0.5) is 0 Å². The Kier molecular flexibility index (Phi) is 4.10. The molecule has 0 aliphatic heterocycles. The number of rotatable bonds is 7. The van der Waals surface area contributed by atoms with E-state index in [1.807, 2.05) is 0 Å². The number of aliphatic carboxylic acids is 1. The van der Waals surface area contributed by atoms with E-state index >= 15 is 0 Å². The van der Waals surface area contributed by atoms with Crippen molar-refractivity contribution in [3.8, 4) is 0 Å². The fourth-order valence-corrected chi connectivity index (χ4v) is 2.59. The predicted molar refractivity (Wildman–Crippen MR) is 54.2 cm³/mol. The number of hydrogen-bond donors (Lipinski definition) is 1. The van der Waals surface area contributed by atoms with Crippen LogP contribution in [0, 0.1) is 5.92 Å². The summed E-state index contributed by atoms with van der Waals surface area (Å²) in [7, 11) is -3.66. The lowest BCUT2D eigenvalue weighted by atomic mass is 10.3. The van der Waals surface area contributed by atoms with Gasteiger partial charge in [-0.2, -0.15) is 0 Å². The monoisotopic (exact) mass is 236 g/mol. The molecule has 1 saturated carbocycles. The fourth-order valence-electron chi connectivity index (χ4n) is 1.28. The zero-order valence-electron chi connectivity index (χ0n) is 8.68. The van der Waals surface area contributed by atoms with Gasteiger partial charge in [0.15, 0.2) is 15.1 Å². The largest absolute Gasteiger partial charge is 0.480 e. The number of sulfone groups is 1. The molecule has 1 fully saturated rings. The number of hydrogen-bond acceptors (Lipinski definition) is 4. The Hall–Kier alpha value is -0.620. The first-order valence-corrected chi connectivity index (χ1v) is 6.71. The maximum Gasteiger partial charge on any atom is 0.321 e. The van der Waals surface area contributed by atoms with Gasteiger partial charge in [-0.3, -0.25) is 4.79 Å². The van der Waals surface area contributed by atoms with Crippen molar-refractivity contribution < 1.29 is 23.1 Å². The maximum absolute atomic E-state index is 11.5. The standard InChI is InChI=1S/C9H16O5S/c1-2-8(9(10)11)15(12,13)6-14-5-7-3-4-7/h7-8H,2-6H2,1H3,(H,10,11). The van der Waals surface area contributed by atoms with Crippen molar-refractivity contribution >= 4 is 15.8 Å². The highest BCUT2D eigenvalue weighted by Gasteiger charge is 2.31. The molecule has 0 radical (unpaired) electrons. The molecule has 0 bridgehead atoms. The Bertz CT molecular complexity index is 317. The number of carbonyl (C=O) groups is 1. The van der Waals surface area contributed by atoms with Crippen LogP contribution in [0.25, 0.3) is 0 Å². The van der Waals surface area contributed by atoms with E-state index in [0.29, 0.717) is 12.5 Å². The van der Waals surface area contributed by atoms with Crippen molar-refractivity contribution in [3.63, 3.8) is 0 Å². The molecule has 0 aromatic carbocycles. The molecule has 0 aromatic rings. The van der Waals surface area contributed by atoms with Gasteiger partial charge in [-0.25, -0.2) is 8.42 Å². The first-order valence-electron chi connectivity index (χ1n) is 4.99. The van der Waals surface area contributed by atoms with E-state index in [0.717, 1.165) is 12.8 Å². The Morgan fingerprint density at radius 2 is 2.13 bits per heavy atom. The molecule has 1 atom stereocenters. The highest BCUT2D eigenvalue weighted by atomic mass is 32.2. The number of ether oxygens (including phenoxy) is 1. The normalized spacial score (nSPS) is 18.7. The highest BCUT2D eigenvalue weighted by molar-refractivity contribution is 7.92. The molecule has 1 aliphatic carbocycles. The second kappa shape index (κ2) is 4.94. The smallest absolute Gasteiger partial charge is 0.321 e. The van der Waals surface area contributed by atoms with E-state index in [1.54, 1.807) is 0 Å². The molecule has 6 heteroatoms. The lowest BCUT2D eigenvalue weighted by Gasteiger charge is -2.11. The summed E-state index contributed by atoms with van der Waals surface area (Å²) in [4.78, 5) is 10.7. The summed E-state index contributed by atoms with van der Waals surface area (Å²) in [5, 5.41) is 7.36. The van der Waals surface area contributed by atoms with Crippen molar-refractivity contribution in [2.24, 2.45) is 5.92 Å². The highest BCUT2D eigenvalue weighted by Crippen LogP contribution is 2.28. The molecule has 0 amide bonds. The predicted octanol–water partition coefficient (Wildman–Crippen LogP) is 0.649. The van der Waals surface area contributed by atoms with Gasteiger partial charge in [0.1, 0.15) is 5.94 Å². The van der Waals surface area contributed by atoms with Crippen molar-refractivity contribution in [1.82, 2.24) is 0 Å². The van der Waals surface area contributed by atoms with Gasteiger partial charge in [0.05, 0.1) is 6.61 Å². The summed E-state index contributed by atoms with van der Waals surface area (Å²) in [5.74, 6) is -1.30. The van der Waals surface area contributed by atoms with Crippen LogP contribution in [-0.2, 0) is 19.4 Å². The quantitative estimate of drug-likeness (QED) is 0.702. The average Bonchev–Trinajstić information content (AvgIpc) is 2.87. The van der Waals surface area contributed by atoms with E-state index in [4.69, 9.17) is 9.84 Å². The summed E-state index contributed by atoms with van der Waals surface area (Å²) in [6.07, 6.45) is 2.23. The van der Waals surface area contributed by atoms with Gasteiger partial charge in [-0.1, -0.05) is 6.92 Å². The van der Waals surface area contributed by atoms with Crippen molar-refractivity contribution in [3.05, 3.63) is 0 Å². The van der Waals surface area contributed by atoms with E-state index in [1.165, 1.54) is 6.92 Å². The minimum absolute atomic E-state index is 0.0739. The van der Waals surface area contributed by atoms with E-state index in [9.17, 15) is 13.2 Å². The van der Waals surface area contributed by atoms with Crippen LogP contribution >= 0.6 is 0 Å². The average molecular weight is 236 g/mol. The second-order valence-electron chi connectivity index (χ2n) is 3.83. The Labute approximate surface area is 89.3 Å². The first-order chi connectivity index (χ1) is 6.97. The molecule has 0 aromatic heterocycles. The Morgan fingerprint density at radius 1 is 1.53 bits per heavy atom. The van der Waals surface area contributed by atoms with Crippen LogP contribution in [0.15, 0.2) is 0 Å². The molecule has 5 nitrogen and oxygen atoms in total. The SMILES string of the molecule is CCC(C(=O)O)S(=O)(=O)COCC1CC1. The zero-order valence-corrected chi connectivity index (χ0v) is 9.50. The molecule has 1 rings (SSSR count). The molecule has 0 saturated heterocycles. The van der Waals surface area contributed by atoms with Crippen LogP contribution in [-0.4, -0.2) is 37.3 Å². The fraction of sp³-hybridized carbons (Fsp3) is 0.889. The second-order valence-corrected chi connectivity index (χ2v) is 5.96. The Balaban J connectivity index is 2.43. The third-order valence-corrected chi connectivity index (χ3v) is 4.27. The van der Waals surface area contributed by atoms with Crippen molar-refractivity contribution in [1.29, 1.82) is 0 Å². The lowest BCUT2D eigenvalue weighted by Crippen LogP contribution is -2.32. The van der Waals surface area contributed by atoms with Gasteiger partial charge in [0.2, 0.25) is 0 Å². The van der Waals surface area contributed by atoms with E-state index < -0.39 is 27.0 Å². The minimum atomic E-state index is -3.66. The Morgan fingerprint density at radius 3 is 2.53 bits per heavy atom. The number of carboxylic acid groups (broad SMARTS) is 1. The first kappa shape index (κ1) is 12.4. The van der Waals surface area contributed by atoms with Gasteiger partial charge in [-0.15, -0.1) is 0 Å². The van der Waals surface area contributed by atoms with Crippen LogP contribution < -0.4 is 0 Å². The van der Waals surface area contributed by atoms with Gasteiger partial charge >= 0.3 is 5.97 Å². The van der Waals surface area contributed by atoms with Crippen molar-refractivity contribution in [2.45, 2.75) is 31.4 Å². The van der Waals surface area contributed by atoms with E-state index in [2.05, 4.69) is 0 Å². The van der Waals surface area contributed by atoms with E-state index in [-0.39, 0.29) is 6.42 Å². The third-order valence-electron chi connectivity index (χ3n) is 2.38. The topological polar surface area (TPSA) is 80.7 Å². The van der Waals surface area contributed by atoms with Crippen molar-refractivity contribution in [2.75, 3.05) is 12.5 Å². The summed E-state index contributed by atoms with van der Waals surface area (Å²) in [5.41, 5.74) is 0. The summed E-state index contributed by atoms with van der Waals surface area (Å²) < 4.78 is 28.0. The van der Waals surface area contributed by atoms with Crippen LogP contribution in [0.2, 0.25) is 0 Å². The van der Waals surface area contributed by atoms with Crippen LogP contribution in [0.3, 0.4) is 0 Å². The molecule has 1 aliphatic rings. The molecular formula is C9H16O5S. The lowest BCUT2D eigenvalue weighted by molar-refractivity contribution is -0.136. The van der Waals surface area contributed by atoms with Gasteiger partial charge < -0.3 is 9.84 Å². The van der Waals surface area contributed by atoms with Crippen LogP contribution in [0.1, 0.15) is 26.2 Å². The maximum atomic E-state index is 11.5. The molecule has 88 valence electrons. The summed E-state index contributed by atoms with van der Waals surface area (Å²) in [6.45, 7) is 1.96. The van der Waals surface area contributed by atoms with Gasteiger partial charge in [-0.05, 0) is 25.2 Å². The molecule has 1 unspecified atom stereocenters. The summed E-state index contributed by atoms with van der Waals surface area (Å²) >= 11 is 0. The molecule has 0 spiro atoms. The summed E-state index contributed by atoms with van der Waals surface area (Å²) in [6, 6.07) is 0. The van der Waals surface area contributed by atoms with Gasteiger partial charge in [0, 0.05) is 0 Å². The van der Waals surface area contributed by atoms with Crippen LogP contribution in [0.5, 0.6) is 0 Å². The molecular weight excluding hydrogens is 220 g/mol. The number of carboxylic acids is 1. The molecule has 15 heavy (non-hydrogen) atoms. The minimum Gasteiger partial charge on any atom is -0.480 e. The van der Waals surface area contributed by atoms with Gasteiger partial charge in [0.25, 0.3) is 0 Å². The molecule has 1 N–H and O–H groups in total. The third kappa shape index (κ3) is 3.79. The zero-order chi connectivity index (χ0) is 11.5.